The molecule has 2 unspecified atom stereocenters. The highest BCUT2D eigenvalue weighted by molar-refractivity contribution is 7.10. The number of ether oxygens (including phenoxy) is 1. The molecule has 0 bridgehead atoms. The largest absolute Gasteiger partial charge is 0.375 e. The molecule has 2 atom stereocenters. The van der Waals surface area contributed by atoms with Crippen LogP contribution in [-0.4, -0.2) is 43.2 Å². The maximum absolute atomic E-state index is 12.6. The zero-order valence-electron chi connectivity index (χ0n) is 12.3. The molecule has 0 aliphatic carbocycles. The number of nitrogens with zero attached hydrogens (tertiary/aromatic N) is 1. The summed E-state index contributed by atoms with van der Waals surface area (Å²) in [7, 11) is 0. The normalized spacial score (nSPS) is 25.1. The van der Waals surface area contributed by atoms with Gasteiger partial charge in [-0.3, -0.25) is 4.79 Å². The lowest BCUT2D eigenvalue weighted by Crippen LogP contribution is -2.44. The van der Waals surface area contributed by atoms with E-state index in [2.05, 4.69) is 28.6 Å². The van der Waals surface area contributed by atoms with Gasteiger partial charge in [-0.15, -0.1) is 23.7 Å². The molecule has 2 aliphatic heterocycles. The van der Waals surface area contributed by atoms with Gasteiger partial charge in [0.25, 0.3) is 0 Å². The van der Waals surface area contributed by atoms with Crippen molar-refractivity contribution in [1.29, 1.82) is 0 Å². The van der Waals surface area contributed by atoms with Crippen molar-refractivity contribution in [2.24, 2.45) is 0 Å². The summed E-state index contributed by atoms with van der Waals surface area (Å²) in [4.78, 5) is 16.1. The second-order valence-corrected chi connectivity index (χ2v) is 6.46. The molecule has 3 heterocycles. The molecule has 118 valence electrons. The van der Waals surface area contributed by atoms with Gasteiger partial charge in [-0.05, 0) is 29.9 Å². The highest BCUT2D eigenvalue weighted by atomic mass is 35.5. The van der Waals surface area contributed by atoms with Crippen LogP contribution >= 0.6 is 23.7 Å². The second kappa shape index (κ2) is 7.58. The first kappa shape index (κ1) is 16.7. The predicted octanol–water partition coefficient (Wildman–Crippen LogP) is 2.38. The molecule has 0 aromatic carbocycles. The van der Waals surface area contributed by atoms with Crippen LogP contribution in [0.15, 0.2) is 11.4 Å². The number of thiophene rings is 1. The van der Waals surface area contributed by atoms with Gasteiger partial charge in [-0.1, -0.05) is 6.92 Å². The minimum Gasteiger partial charge on any atom is -0.375 e. The third-order valence-electron chi connectivity index (χ3n) is 4.21. The van der Waals surface area contributed by atoms with Crippen LogP contribution in [-0.2, 0) is 16.0 Å². The van der Waals surface area contributed by atoms with Crippen LogP contribution in [0.5, 0.6) is 0 Å². The van der Waals surface area contributed by atoms with E-state index in [4.69, 9.17) is 4.74 Å². The lowest BCUT2D eigenvalue weighted by Gasteiger charge is -2.36. The summed E-state index contributed by atoms with van der Waals surface area (Å²) in [5, 5.41) is 5.43. The maximum atomic E-state index is 12.6. The number of amides is 1. The quantitative estimate of drug-likeness (QED) is 0.925. The lowest BCUT2D eigenvalue weighted by molar-refractivity contribution is -0.137. The van der Waals surface area contributed by atoms with Crippen molar-refractivity contribution in [1.82, 2.24) is 10.2 Å². The van der Waals surface area contributed by atoms with E-state index in [-0.39, 0.29) is 30.5 Å². The van der Waals surface area contributed by atoms with E-state index in [9.17, 15) is 4.79 Å². The zero-order valence-corrected chi connectivity index (χ0v) is 14.0. The van der Waals surface area contributed by atoms with Crippen molar-refractivity contribution < 1.29 is 9.53 Å². The van der Waals surface area contributed by atoms with Crippen molar-refractivity contribution in [2.75, 3.05) is 26.2 Å². The highest BCUT2D eigenvalue weighted by Crippen LogP contribution is 2.35. The van der Waals surface area contributed by atoms with Crippen LogP contribution in [0.25, 0.3) is 0 Å². The Hall–Kier alpha value is -0.620. The molecular formula is C15H23ClN2O2S. The first-order valence-electron chi connectivity index (χ1n) is 7.47. The summed E-state index contributed by atoms with van der Waals surface area (Å²) in [6.07, 6.45) is 2.53. The van der Waals surface area contributed by atoms with Gasteiger partial charge in [0.2, 0.25) is 5.91 Å². The van der Waals surface area contributed by atoms with Crippen LogP contribution in [0, 0.1) is 0 Å². The fourth-order valence-corrected chi connectivity index (χ4v) is 4.13. The highest BCUT2D eigenvalue weighted by Gasteiger charge is 2.31. The summed E-state index contributed by atoms with van der Waals surface area (Å²) < 4.78 is 5.65. The number of hydrogen-bond acceptors (Lipinski definition) is 4. The third kappa shape index (κ3) is 3.59. The molecule has 1 aromatic rings. The molecule has 0 radical (unpaired) electrons. The van der Waals surface area contributed by atoms with Gasteiger partial charge in [0, 0.05) is 24.5 Å². The summed E-state index contributed by atoms with van der Waals surface area (Å²) in [5.74, 6) is 0.238. The molecule has 1 N–H and O–H groups in total. The average Bonchev–Trinajstić information content (AvgIpc) is 2.95. The van der Waals surface area contributed by atoms with E-state index in [0.717, 1.165) is 32.5 Å². The minimum absolute atomic E-state index is 0. The number of halogens is 1. The van der Waals surface area contributed by atoms with E-state index < -0.39 is 0 Å². The summed E-state index contributed by atoms with van der Waals surface area (Å²) in [6, 6.07) is 2.45. The number of fused-ring (bicyclic) bond motifs is 1. The van der Waals surface area contributed by atoms with Gasteiger partial charge in [-0.25, -0.2) is 0 Å². The monoisotopic (exact) mass is 330 g/mol. The van der Waals surface area contributed by atoms with Crippen LogP contribution in [0.3, 0.4) is 0 Å². The molecule has 3 rings (SSSR count). The summed E-state index contributed by atoms with van der Waals surface area (Å²) >= 11 is 1.82. The Kier molecular flexibility index (Phi) is 6.05. The summed E-state index contributed by atoms with van der Waals surface area (Å²) in [6.45, 7) is 5.41. The first-order valence-corrected chi connectivity index (χ1v) is 8.35. The van der Waals surface area contributed by atoms with Crippen LogP contribution < -0.4 is 5.32 Å². The van der Waals surface area contributed by atoms with Crippen molar-refractivity contribution in [3.8, 4) is 0 Å². The molecule has 1 saturated heterocycles. The fourth-order valence-electron chi connectivity index (χ4n) is 3.20. The van der Waals surface area contributed by atoms with E-state index in [1.807, 2.05) is 11.3 Å². The standard InChI is InChI=1S/C15H22N2O2S.ClH/c1-2-13-12-4-8-20-14(12)3-6-17(13)15(18)9-11-10-16-5-7-19-11;/h4,8,11,13,16H,2-3,5-7,9-10H2,1H3;1H. The van der Waals surface area contributed by atoms with E-state index >= 15 is 0 Å². The van der Waals surface area contributed by atoms with Gasteiger partial charge in [-0.2, -0.15) is 0 Å². The van der Waals surface area contributed by atoms with E-state index in [1.165, 1.54) is 10.4 Å². The smallest absolute Gasteiger partial charge is 0.225 e. The molecule has 1 fully saturated rings. The van der Waals surface area contributed by atoms with Gasteiger partial charge in [0.1, 0.15) is 0 Å². The van der Waals surface area contributed by atoms with Gasteiger partial charge in [0.15, 0.2) is 0 Å². The number of carbonyl (C=O) groups excluding carboxylic acids is 1. The van der Waals surface area contributed by atoms with Gasteiger partial charge in [0.05, 0.1) is 25.2 Å². The third-order valence-corrected chi connectivity index (χ3v) is 5.21. The van der Waals surface area contributed by atoms with E-state index in [0.29, 0.717) is 13.0 Å². The van der Waals surface area contributed by atoms with Crippen molar-refractivity contribution in [3.05, 3.63) is 21.9 Å². The topological polar surface area (TPSA) is 41.6 Å². The minimum atomic E-state index is 0. The zero-order chi connectivity index (χ0) is 13.9. The Morgan fingerprint density at radius 1 is 1.57 bits per heavy atom. The Bertz CT molecular complexity index is 474. The van der Waals surface area contributed by atoms with Crippen molar-refractivity contribution in [2.45, 2.75) is 38.3 Å². The number of nitrogens with one attached hydrogen (secondary N) is 1. The van der Waals surface area contributed by atoms with Gasteiger partial charge < -0.3 is 15.0 Å². The van der Waals surface area contributed by atoms with Gasteiger partial charge >= 0.3 is 0 Å². The molecule has 0 spiro atoms. The molecule has 6 heteroatoms. The number of carbonyl (C=O) groups is 1. The SMILES string of the molecule is CCC1c2ccsc2CCN1C(=O)CC1CNCCO1.Cl. The van der Waals surface area contributed by atoms with Crippen LogP contribution in [0.1, 0.15) is 36.2 Å². The van der Waals surface area contributed by atoms with E-state index in [1.54, 1.807) is 0 Å². The first-order chi connectivity index (χ1) is 9.79. The number of rotatable bonds is 3. The van der Waals surface area contributed by atoms with Crippen molar-refractivity contribution >= 4 is 29.7 Å². The second-order valence-electron chi connectivity index (χ2n) is 5.46. The van der Waals surface area contributed by atoms with Crippen molar-refractivity contribution in [3.63, 3.8) is 0 Å². The Labute approximate surface area is 136 Å². The fraction of sp³-hybridized carbons (Fsp3) is 0.667. The molecular weight excluding hydrogens is 308 g/mol. The molecule has 1 amide bonds. The molecule has 2 aliphatic rings. The maximum Gasteiger partial charge on any atom is 0.225 e. The predicted molar refractivity (Wildman–Crippen MR) is 87.2 cm³/mol. The Morgan fingerprint density at radius 3 is 3.14 bits per heavy atom. The number of morpholine rings is 1. The Morgan fingerprint density at radius 2 is 2.43 bits per heavy atom. The molecule has 0 saturated carbocycles. The number of hydrogen-bond donors (Lipinski definition) is 1. The molecule has 4 nitrogen and oxygen atoms in total. The Balaban J connectivity index is 0.00000161. The molecule has 1 aromatic heterocycles. The van der Waals surface area contributed by atoms with Crippen LogP contribution in [0.4, 0.5) is 0 Å². The lowest BCUT2D eigenvalue weighted by atomic mass is 9.97. The molecule has 21 heavy (non-hydrogen) atoms. The summed E-state index contributed by atoms with van der Waals surface area (Å²) in [5.41, 5.74) is 1.36. The average molecular weight is 331 g/mol. The van der Waals surface area contributed by atoms with Crippen LogP contribution in [0.2, 0.25) is 0 Å².